The van der Waals surface area contributed by atoms with E-state index < -0.39 is 8.96 Å². The lowest BCUT2D eigenvalue weighted by atomic mass is 10.2. The van der Waals surface area contributed by atoms with Crippen molar-refractivity contribution in [3.63, 3.8) is 0 Å². The number of nitrogens with zero attached hydrogens (tertiary/aromatic N) is 6. The highest BCUT2D eigenvalue weighted by molar-refractivity contribution is 6.85. The lowest BCUT2D eigenvalue weighted by molar-refractivity contribution is 0.859. The average molecular weight is 624 g/mol. The molecule has 0 aliphatic carbocycles. The van der Waals surface area contributed by atoms with Crippen molar-refractivity contribution in [2.45, 2.75) is 0 Å². The van der Waals surface area contributed by atoms with Crippen molar-refractivity contribution in [2.24, 2.45) is 14.1 Å². The van der Waals surface area contributed by atoms with Gasteiger partial charge in [-0.2, -0.15) is 0 Å². The van der Waals surface area contributed by atoms with Crippen LogP contribution in [-0.2, 0) is 14.1 Å². The van der Waals surface area contributed by atoms with Gasteiger partial charge in [0.2, 0.25) is 8.96 Å². The summed E-state index contributed by atoms with van der Waals surface area (Å²) in [6, 6.07) is 51.1. The molecule has 4 aromatic carbocycles. The van der Waals surface area contributed by atoms with Crippen LogP contribution in [0, 0.1) is 0 Å². The molecule has 0 unspecified atom stereocenters. The van der Waals surface area contributed by atoms with Crippen LogP contribution in [0.3, 0.4) is 0 Å². The number of hydrogen-bond donors (Lipinski definition) is 0. The minimum absolute atomic E-state index is 1.14. The minimum Gasteiger partial charge on any atom is -0.358 e. The summed E-state index contributed by atoms with van der Waals surface area (Å²) < 4.78 is 14.4. The third kappa shape index (κ3) is 3.60. The van der Waals surface area contributed by atoms with Crippen molar-refractivity contribution in [3.8, 4) is 11.6 Å². The van der Waals surface area contributed by atoms with Gasteiger partial charge in [0.25, 0.3) is 0 Å². The summed E-state index contributed by atoms with van der Waals surface area (Å²) in [5.74, 6) is 2.28. The van der Waals surface area contributed by atoms with Gasteiger partial charge in [0.15, 0.2) is 0 Å². The van der Waals surface area contributed by atoms with Crippen LogP contribution in [0.15, 0.2) is 152 Å². The standard InChI is InChI=1S/C40H31N6Si/c1-41-24-13-22-37(41)43-25-23-32-35(43)26-38(42(32)2)44-33-20-11-12-21-34(33)45-39(44)27-36-40(45)30-18-9-10-19-31(30)46(36)47(28-14-5-3-6-15-28)29-16-7-4-8-17-29/h3-27H,1-2H3. The molecule has 225 valence electrons. The molecule has 6 heterocycles. The molecule has 0 atom stereocenters. The van der Waals surface area contributed by atoms with Crippen molar-refractivity contribution < 1.29 is 0 Å². The summed E-state index contributed by atoms with van der Waals surface area (Å²) in [4.78, 5) is 0. The smallest absolute Gasteiger partial charge is 0.247 e. The number of rotatable bonds is 5. The molecule has 0 saturated carbocycles. The van der Waals surface area contributed by atoms with Gasteiger partial charge < -0.3 is 17.9 Å². The van der Waals surface area contributed by atoms with Crippen molar-refractivity contribution >= 4 is 69.0 Å². The van der Waals surface area contributed by atoms with Crippen LogP contribution in [0.25, 0.3) is 61.3 Å². The first-order valence-electron chi connectivity index (χ1n) is 16.0. The van der Waals surface area contributed by atoms with E-state index in [1.807, 2.05) is 0 Å². The van der Waals surface area contributed by atoms with Gasteiger partial charge in [-0.05, 0) is 46.8 Å². The maximum atomic E-state index is 2.65. The third-order valence-corrected chi connectivity index (χ3v) is 12.5. The van der Waals surface area contributed by atoms with Crippen molar-refractivity contribution in [2.75, 3.05) is 0 Å². The van der Waals surface area contributed by atoms with E-state index in [0.29, 0.717) is 0 Å². The van der Waals surface area contributed by atoms with E-state index in [-0.39, 0.29) is 0 Å². The molecule has 0 aliphatic heterocycles. The van der Waals surface area contributed by atoms with Crippen LogP contribution in [0.1, 0.15) is 0 Å². The molecular weight excluding hydrogens is 593 g/mol. The summed E-state index contributed by atoms with van der Waals surface area (Å²) in [5, 5.41) is 4.00. The highest BCUT2D eigenvalue weighted by Crippen LogP contribution is 2.38. The number of hydrogen-bond acceptors (Lipinski definition) is 0. The first kappa shape index (κ1) is 26.3. The van der Waals surface area contributed by atoms with Gasteiger partial charge in [0.05, 0.1) is 33.1 Å². The Bertz CT molecular complexity index is 2730. The van der Waals surface area contributed by atoms with Crippen LogP contribution in [0.5, 0.6) is 0 Å². The summed E-state index contributed by atoms with van der Waals surface area (Å²) in [7, 11) is 2.87. The zero-order valence-corrected chi connectivity index (χ0v) is 27.1. The highest BCUT2D eigenvalue weighted by Gasteiger charge is 2.28. The molecule has 6 nitrogen and oxygen atoms in total. The van der Waals surface area contributed by atoms with Crippen LogP contribution in [0.4, 0.5) is 0 Å². The second-order valence-corrected chi connectivity index (χ2v) is 14.6. The van der Waals surface area contributed by atoms with E-state index >= 15 is 0 Å². The van der Waals surface area contributed by atoms with Gasteiger partial charge in [-0.3, -0.25) is 8.97 Å². The summed E-state index contributed by atoms with van der Waals surface area (Å²) >= 11 is 0. The van der Waals surface area contributed by atoms with Crippen molar-refractivity contribution in [1.82, 2.24) is 26.9 Å². The molecule has 47 heavy (non-hydrogen) atoms. The van der Waals surface area contributed by atoms with Gasteiger partial charge in [-0.1, -0.05) is 91.0 Å². The highest BCUT2D eigenvalue weighted by atomic mass is 28.3. The van der Waals surface area contributed by atoms with E-state index in [1.54, 1.807) is 0 Å². The number of fused-ring (bicyclic) bond motifs is 8. The molecular formula is C40H31N6Si. The lowest BCUT2D eigenvalue weighted by Crippen LogP contribution is -2.48. The molecule has 0 spiro atoms. The first-order chi connectivity index (χ1) is 23.2. The Morgan fingerprint density at radius 2 is 1.15 bits per heavy atom. The lowest BCUT2D eigenvalue weighted by Gasteiger charge is -2.19. The molecule has 0 saturated heterocycles. The Kier molecular flexibility index (Phi) is 5.48. The summed E-state index contributed by atoms with van der Waals surface area (Å²) in [6.45, 7) is 0. The minimum atomic E-state index is -1.41. The summed E-state index contributed by atoms with van der Waals surface area (Å²) in [5.41, 5.74) is 9.71. The largest absolute Gasteiger partial charge is 0.358 e. The van der Waals surface area contributed by atoms with E-state index in [0.717, 1.165) is 17.3 Å². The fraction of sp³-hybridized carbons (Fsp3) is 0.0500. The van der Waals surface area contributed by atoms with E-state index in [1.165, 1.54) is 54.4 Å². The molecule has 7 heteroatoms. The quantitative estimate of drug-likeness (QED) is 0.181. The third-order valence-electron chi connectivity index (χ3n) is 9.78. The second kappa shape index (κ2) is 9.79. The number of aryl methyl sites for hydroxylation is 2. The summed E-state index contributed by atoms with van der Waals surface area (Å²) in [6.07, 6.45) is 4.27. The molecule has 10 rings (SSSR count). The van der Waals surface area contributed by atoms with Crippen LogP contribution >= 0.6 is 0 Å². The van der Waals surface area contributed by atoms with E-state index in [2.05, 4.69) is 193 Å². The molecule has 0 bridgehead atoms. The predicted octanol–water partition coefficient (Wildman–Crippen LogP) is 7.27. The maximum Gasteiger partial charge on any atom is 0.247 e. The fourth-order valence-electron chi connectivity index (χ4n) is 7.71. The molecule has 6 aromatic heterocycles. The molecule has 0 fully saturated rings. The monoisotopic (exact) mass is 623 g/mol. The van der Waals surface area contributed by atoms with Crippen LogP contribution in [0.2, 0.25) is 0 Å². The normalized spacial score (nSPS) is 12.2. The Hall–Kier alpha value is -5.92. The Balaban J connectivity index is 1.32. The molecule has 1 radical (unpaired) electrons. The van der Waals surface area contributed by atoms with Gasteiger partial charge in [-0.15, -0.1) is 0 Å². The maximum absolute atomic E-state index is 2.65. The predicted molar refractivity (Wildman–Crippen MR) is 195 cm³/mol. The topological polar surface area (TPSA) is 29.1 Å². The van der Waals surface area contributed by atoms with Crippen LogP contribution in [-0.4, -0.2) is 35.9 Å². The van der Waals surface area contributed by atoms with Gasteiger partial charge in [0.1, 0.15) is 17.3 Å². The number of imidazole rings is 1. The Labute approximate surface area is 272 Å². The molecule has 10 aromatic rings. The average Bonchev–Trinajstić information content (AvgIpc) is 3.95. The number of benzene rings is 4. The SMILES string of the molecule is Cn1cccc1-n1ccc2c1cc(-n1c3ccccc3n3c4c5ccccc5n([Si](c5ccccc5)c5ccccc5)c4cc13)n2C. The molecule has 0 amide bonds. The van der Waals surface area contributed by atoms with Gasteiger partial charge in [0, 0.05) is 49.5 Å². The second-order valence-electron chi connectivity index (χ2n) is 12.3. The van der Waals surface area contributed by atoms with E-state index in [9.17, 15) is 0 Å². The number of aromatic nitrogens is 6. The van der Waals surface area contributed by atoms with Crippen molar-refractivity contribution in [1.29, 1.82) is 0 Å². The zero-order valence-electron chi connectivity index (χ0n) is 26.1. The molecule has 0 aliphatic rings. The molecule has 0 N–H and O–H groups in total. The van der Waals surface area contributed by atoms with Gasteiger partial charge >= 0.3 is 0 Å². The Morgan fingerprint density at radius 1 is 0.489 bits per heavy atom. The number of para-hydroxylation sites is 3. The Morgan fingerprint density at radius 3 is 1.85 bits per heavy atom. The fourth-order valence-corrected chi connectivity index (χ4v) is 10.4. The van der Waals surface area contributed by atoms with E-state index in [4.69, 9.17) is 0 Å². The van der Waals surface area contributed by atoms with Crippen molar-refractivity contribution in [3.05, 3.63) is 152 Å². The van der Waals surface area contributed by atoms with Crippen LogP contribution < -0.4 is 10.4 Å². The zero-order chi connectivity index (χ0) is 31.2. The first-order valence-corrected chi connectivity index (χ1v) is 17.4. The van der Waals surface area contributed by atoms with Gasteiger partial charge in [-0.25, -0.2) is 0 Å².